The Bertz CT molecular complexity index is 2490. The maximum absolute atomic E-state index is 15.3. The van der Waals surface area contributed by atoms with E-state index >= 15 is 19.2 Å². The lowest BCUT2D eigenvalue weighted by Crippen LogP contribution is -2.63. The molecule has 25 heteroatoms. The summed E-state index contributed by atoms with van der Waals surface area (Å²) in [5, 5.41) is 26.3. The molecule has 93 heavy (non-hydrogen) atoms. The number of aliphatic hydroxyl groups excluding tert-OH is 1. The first-order valence-electron chi connectivity index (χ1n) is 34.1. The van der Waals surface area contributed by atoms with E-state index < -0.39 is 156 Å². The largest absolute Gasteiger partial charge is 0.390 e. The summed E-state index contributed by atoms with van der Waals surface area (Å²) < 4.78 is 0. The summed E-state index contributed by atoms with van der Waals surface area (Å²) in [6.07, 6.45) is 3.60. The molecule has 0 radical (unpaired) electrons. The van der Waals surface area contributed by atoms with Gasteiger partial charge in [-0.3, -0.25) is 57.5 Å². The summed E-state index contributed by atoms with van der Waals surface area (Å²) in [5.41, 5.74) is 0. The monoisotopic (exact) mass is 1320 g/mol. The van der Waals surface area contributed by atoms with Crippen LogP contribution in [0, 0.1) is 41.4 Å². The second-order valence-electron chi connectivity index (χ2n) is 28.6. The van der Waals surface area contributed by atoms with E-state index in [1.165, 1.54) is 87.7 Å². The van der Waals surface area contributed by atoms with Crippen molar-refractivity contribution in [2.24, 2.45) is 41.4 Å². The van der Waals surface area contributed by atoms with Crippen molar-refractivity contribution in [3.8, 4) is 0 Å². The standard InChI is InChI=1S/C68H124N12O13/c1-25-31-53(81)69-33-30-28-27-29-32-45(15)58(83)57-62(87)72-48(26-2)64(89)74(18)38-54(82)75(19)49(34-39(3)4)61(86)73-55(43(11)12)67(92)76(20)50(35-40(5)6)60(85)70-46(16)59(84)71-47(17)63(88)77(21)51(36-41(7)8)65(90)78(22)52(37-42(9)10)66(91)79(23)56(44(13)14)68(93)80(57)24/h39-52,55-58,83H,25-38H2,1-24H3,(H,69,81)(H,70,85)(H,71,84)(H,72,87)(H,73,86)/t45?,46-,47+,48-,49-,50-,51-,52-,55-,56-,57?,58?/m0/s1. The van der Waals surface area contributed by atoms with E-state index in [1.807, 2.05) is 62.3 Å². The summed E-state index contributed by atoms with van der Waals surface area (Å²) in [7, 11) is 9.93. The highest BCUT2D eigenvalue weighted by molar-refractivity contribution is 5.99. The fourth-order valence-corrected chi connectivity index (χ4v) is 11.9. The Morgan fingerprint density at radius 1 is 0.473 bits per heavy atom. The lowest BCUT2D eigenvalue weighted by atomic mass is 9.90. The molecule has 12 amide bonds. The van der Waals surface area contributed by atoms with Gasteiger partial charge in [0, 0.05) is 62.3 Å². The third-order valence-corrected chi connectivity index (χ3v) is 17.7. The van der Waals surface area contributed by atoms with Gasteiger partial charge in [0.1, 0.15) is 60.4 Å². The molecule has 0 aromatic rings. The van der Waals surface area contributed by atoms with Crippen molar-refractivity contribution < 1.29 is 62.6 Å². The molecule has 0 aliphatic carbocycles. The predicted octanol–water partition coefficient (Wildman–Crippen LogP) is 4.17. The minimum atomic E-state index is -1.63. The van der Waals surface area contributed by atoms with Gasteiger partial charge in [0.15, 0.2) is 0 Å². The molecule has 0 bridgehead atoms. The zero-order chi connectivity index (χ0) is 71.8. The van der Waals surface area contributed by atoms with Crippen molar-refractivity contribution in [1.82, 2.24) is 60.9 Å². The van der Waals surface area contributed by atoms with Crippen molar-refractivity contribution in [3.63, 3.8) is 0 Å². The highest BCUT2D eigenvalue weighted by Crippen LogP contribution is 2.26. The molecular formula is C68H124N12O13. The van der Waals surface area contributed by atoms with Crippen LogP contribution in [0.5, 0.6) is 0 Å². The van der Waals surface area contributed by atoms with E-state index in [4.69, 9.17) is 0 Å². The number of aliphatic hydroxyl groups is 1. The van der Waals surface area contributed by atoms with Gasteiger partial charge in [0.2, 0.25) is 70.9 Å². The first-order valence-corrected chi connectivity index (χ1v) is 34.1. The highest BCUT2D eigenvalue weighted by Gasteiger charge is 2.46. The first-order chi connectivity index (χ1) is 43.1. The van der Waals surface area contributed by atoms with Crippen LogP contribution in [-0.2, 0) is 57.5 Å². The Labute approximate surface area is 557 Å². The van der Waals surface area contributed by atoms with Crippen molar-refractivity contribution >= 4 is 70.9 Å². The SMILES string of the molecule is CCCC(=O)NCCCCCCC(C)C(O)C1C(=O)N[C@@H](CC)C(=O)N(C)CC(=O)N(C)[C@@H](CC(C)C)C(=O)N[C@@H](C(C)C)C(=O)N(C)[C@@H](CC(C)C)C(=O)N[C@@H](C)C(=O)N[C@H](C)C(=O)N(C)[C@@H](CC(C)C)C(=O)N(C)[C@@H](CC(C)C)C(=O)N(C)[C@@H](C(C)C)C(=O)N1C. The van der Waals surface area contributed by atoms with E-state index in [0.29, 0.717) is 25.8 Å². The van der Waals surface area contributed by atoms with E-state index in [9.17, 15) is 43.5 Å². The minimum Gasteiger partial charge on any atom is -0.390 e. The second-order valence-corrected chi connectivity index (χ2v) is 28.6. The smallest absolute Gasteiger partial charge is 0.246 e. The number of unbranched alkanes of at least 4 members (excludes halogenated alkanes) is 3. The molecule has 0 aromatic heterocycles. The minimum absolute atomic E-state index is 0.00871. The first kappa shape index (κ1) is 84.6. The number of nitrogens with zero attached hydrogens (tertiary/aromatic N) is 7. The van der Waals surface area contributed by atoms with Crippen LogP contribution in [0.15, 0.2) is 0 Å². The van der Waals surface area contributed by atoms with Gasteiger partial charge in [-0.1, -0.05) is 123 Å². The van der Waals surface area contributed by atoms with Crippen molar-refractivity contribution in [1.29, 1.82) is 0 Å². The lowest BCUT2D eigenvalue weighted by molar-refractivity contribution is -0.157. The molecule has 12 atom stereocenters. The van der Waals surface area contributed by atoms with Crippen molar-refractivity contribution in [2.45, 2.75) is 261 Å². The van der Waals surface area contributed by atoms with Gasteiger partial charge in [0.25, 0.3) is 0 Å². The van der Waals surface area contributed by atoms with E-state index in [-0.39, 0.29) is 61.7 Å². The molecule has 6 N–H and O–H groups in total. The summed E-state index contributed by atoms with van der Waals surface area (Å²) >= 11 is 0. The normalized spacial score (nSPS) is 25.5. The quantitative estimate of drug-likeness (QED) is 0.0831. The molecule has 1 fully saturated rings. The molecule has 534 valence electrons. The van der Waals surface area contributed by atoms with Gasteiger partial charge < -0.3 is 66.0 Å². The van der Waals surface area contributed by atoms with Gasteiger partial charge in [-0.05, 0) is 107 Å². The zero-order valence-electron chi connectivity index (χ0n) is 61.3. The molecule has 0 aromatic carbocycles. The number of hydrogen-bond acceptors (Lipinski definition) is 13. The molecule has 1 aliphatic heterocycles. The van der Waals surface area contributed by atoms with Crippen LogP contribution < -0.4 is 26.6 Å². The lowest BCUT2D eigenvalue weighted by Gasteiger charge is -2.41. The second kappa shape index (κ2) is 40.1. The Hall–Kier alpha value is -6.40. The molecule has 3 unspecified atom stereocenters. The molecule has 25 nitrogen and oxygen atoms in total. The van der Waals surface area contributed by atoms with Crippen LogP contribution >= 0.6 is 0 Å². The molecular weight excluding hydrogens is 1190 g/mol. The fourth-order valence-electron chi connectivity index (χ4n) is 11.9. The topological polar surface area (TPSA) is 308 Å². The number of rotatable bonds is 22. The van der Waals surface area contributed by atoms with Crippen LogP contribution in [0.3, 0.4) is 0 Å². The number of amides is 12. The third-order valence-electron chi connectivity index (χ3n) is 17.7. The number of hydrogen-bond donors (Lipinski definition) is 6. The molecule has 1 rings (SSSR count). The molecule has 0 spiro atoms. The van der Waals surface area contributed by atoms with Gasteiger partial charge in [-0.2, -0.15) is 0 Å². The van der Waals surface area contributed by atoms with Gasteiger partial charge >= 0.3 is 0 Å². The van der Waals surface area contributed by atoms with Crippen molar-refractivity contribution in [2.75, 3.05) is 62.4 Å². The van der Waals surface area contributed by atoms with Crippen LogP contribution in [0.1, 0.15) is 195 Å². The zero-order valence-corrected chi connectivity index (χ0v) is 61.3. The van der Waals surface area contributed by atoms with Gasteiger partial charge in [-0.25, -0.2) is 0 Å². The Kier molecular flexibility index (Phi) is 36.5. The van der Waals surface area contributed by atoms with Gasteiger partial charge in [-0.15, -0.1) is 0 Å². The number of carbonyl (C=O) groups is 12. The molecule has 1 saturated heterocycles. The Morgan fingerprint density at radius 2 is 0.914 bits per heavy atom. The Morgan fingerprint density at radius 3 is 1.40 bits per heavy atom. The van der Waals surface area contributed by atoms with Crippen LogP contribution in [-0.4, -0.2) is 239 Å². The molecule has 0 saturated carbocycles. The fraction of sp³-hybridized carbons (Fsp3) is 0.824. The average Bonchev–Trinajstić information content (AvgIpc) is 0.839. The summed E-state index contributed by atoms with van der Waals surface area (Å²) in [6, 6.07) is -12.5. The van der Waals surface area contributed by atoms with Gasteiger partial charge in [0.05, 0.1) is 12.6 Å². The van der Waals surface area contributed by atoms with Crippen LogP contribution in [0.25, 0.3) is 0 Å². The summed E-state index contributed by atoms with van der Waals surface area (Å²) in [6.45, 7) is 30.0. The van der Waals surface area contributed by atoms with Crippen molar-refractivity contribution in [3.05, 3.63) is 0 Å². The van der Waals surface area contributed by atoms with Crippen LogP contribution in [0.2, 0.25) is 0 Å². The maximum atomic E-state index is 15.3. The average molecular weight is 1320 g/mol. The maximum Gasteiger partial charge on any atom is 0.246 e. The van der Waals surface area contributed by atoms with E-state index in [0.717, 1.165) is 35.5 Å². The molecule has 1 heterocycles. The number of nitrogens with one attached hydrogen (secondary N) is 5. The summed E-state index contributed by atoms with van der Waals surface area (Å²) in [5.74, 6) is -9.84. The highest BCUT2D eigenvalue weighted by atomic mass is 16.3. The Balaban J connectivity index is 4.29. The predicted molar refractivity (Wildman–Crippen MR) is 360 cm³/mol. The molecule has 1 aliphatic rings. The number of carbonyl (C=O) groups excluding carboxylic acids is 12. The number of likely N-dealkylation sites (N-methyl/N-ethyl adjacent to an activating group) is 7. The van der Waals surface area contributed by atoms with E-state index in [2.05, 4.69) is 26.6 Å². The van der Waals surface area contributed by atoms with E-state index in [1.54, 1.807) is 41.5 Å². The summed E-state index contributed by atoms with van der Waals surface area (Å²) in [4.78, 5) is 182. The van der Waals surface area contributed by atoms with Crippen LogP contribution in [0.4, 0.5) is 0 Å². The third kappa shape index (κ3) is 25.7.